The Hall–Kier alpha value is -2.54. The molecule has 3 rings (SSSR count). The second-order valence-corrected chi connectivity index (χ2v) is 4.62. The summed E-state index contributed by atoms with van der Waals surface area (Å²) in [4.78, 5) is 19.4. The Morgan fingerprint density at radius 2 is 2.26 bits per heavy atom. The fraction of sp³-hybridized carbons (Fsp3) is 0. The van der Waals surface area contributed by atoms with Crippen LogP contribution in [0.25, 0.3) is 22.1 Å². The molecule has 2 heterocycles. The predicted molar refractivity (Wildman–Crippen MR) is 69.9 cm³/mol. The molecule has 19 heavy (non-hydrogen) atoms. The van der Waals surface area contributed by atoms with Crippen LogP contribution in [0.1, 0.15) is 10.4 Å². The van der Waals surface area contributed by atoms with Gasteiger partial charge < -0.3 is 5.11 Å². The molecule has 0 saturated heterocycles. The van der Waals surface area contributed by atoms with Crippen LogP contribution in [0.5, 0.6) is 0 Å². The maximum Gasteiger partial charge on any atom is 0.335 e. The van der Waals surface area contributed by atoms with Gasteiger partial charge in [-0.1, -0.05) is 12.1 Å². The number of hydrogen-bond acceptors (Lipinski definition) is 5. The molecule has 0 aliphatic carbocycles. The van der Waals surface area contributed by atoms with Gasteiger partial charge in [0.1, 0.15) is 6.33 Å². The van der Waals surface area contributed by atoms with E-state index in [0.29, 0.717) is 10.8 Å². The number of nitrogens with zero attached hydrogens (tertiary/aromatic N) is 3. The van der Waals surface area contributed by atoms with Crippen molar-refractivity contribution in [3.05, 3.63) is 41.5 Å². The number of carbonyl (C=O) groups is 1. The van der Waals surface area contributed by atoms with Crippen molar-refractivity contribution < 1.29 is 9.90 Å². The zero-order valence-corrected chi connectivity index (χ0v) is 10.4. The SMILES string of the molecule is O=C(O)c1cccc(-c2csc(-c3ncn[nH]3)n2)c1. The molecule has 2 aromatic heterocycles. The highest BCUT2D eigenvalue weighted by Crippen LogP contribution is 2.27. The summed E-state index contributed by atoms with van der Waals surface area (Å²) in [6.45, 7) is 0. The summed E-state index contributed by atoms with van der Waals surface area (Å²) in [5, 5.41) is 18.1. The summed E-state index contributed by atoms with van der Waals surface area (Å²) < 4.78 is 0. The molecule has 0 bridgehead atoms. The molecule has 0 atom stereocenters. The van der Waals surface area contributed by atoms with Crippen molar-refractivity contribution in [1.29, 1.82) is 0 Å². The van der Waals surface area contributed by atoms with Gasteiger partial charge in [0.25, 0.3) is 0 Å². The van der Waals surface area contributed by atoms with E-state index in [1.807, 2.05) is 11.4 Å². The number of thiazole rings is 1. The van der Waals surface area contributed by atoms with E-state index in [4.69, 9.17) is 5.11 Å². The fourth-order valence-corrected chi connectivity index (χ4v) is 2.41. The topological polar surface area (TPSA) is 91.8 Å². The van der Waals surface area contributed by atoms with Gasteiger partial charge in [-0.05, 0) is 12.1 Å². The Balaban J connectivity index is 1.99. The molecule has 6 nitrogen and oxygen atoms in total. The maximum absolute atomic E-state index is 10.9. The predicted octanol–water partition coefficient (Wildman–Crippen LogP) is 2.29. The van der Waals surface area contributed by atoms with Crippen molar-refractivity contribution in [2.75, 3.05) is 0 Å². The molecule has 0 aliphatic rings. The zero-order valence-electron chi connectivity index (χ0n) is 9.57. The average molecular weight is 272 g/mol. The van der Waals surface area contributed by atoms with Gasteiger partial charge in [-0.15, -0.1) is 11.3 Å². The quantitative estimate of drug-likeness (QED) is 0.763. The molecule has 1 aromatic carbocycles. The lowest BCUT2D eigenvalue weighted by Crippen LogP contribution is -1.95. The highest BCUT2D eigenvalue weighted by Gasteiger charge is 2.10. The van der Waals surface area contributed by atoms with Crippen molar-refractivity contribution in [3.63, 3.8) is 0 Å². The first-order chi connectivity index (χ1) is 9.24. The molecular formula is C12H8N4O2S. The van der Waals surface area contributed by atoms with Gasteiger partial charge in [0.15, 0.2) is 10.8 Å². The van der Waals surface area contributed by atoms with Gasteiger partial charge in [-0.3, -0.25) is 5.10 Å². The van der Waals surface area contributed by atoms with Gasteiger partial charge in [0, 0.05) is 10.9 Å². The summed E-state index contributed by atoms with van der Waals surface area (Å²) in [7, 11) is 0. The van der Waals surface area contributed by atoms with Crippen molar-refractivity contribution in [2.45, 2.75) is 0 Å². The summed E-state index contributed by atoms with van der Waals surface area (Å²) in [5.74, 6) is -0.349. The first-order valence-corrected chi connectivity index (χ1v) is 6.27. The molecule has 0 unspecified atom stereocenters. The molecule has 0 aliphatic heterocycles. The number of rotatable bonds is 3. The lowest BCUT2D eigenvalue weighted by atomic mass is 10.1. The number of aromatic nitrogens is 4. The van der Waals surface area contributed by atoms with Crippen LogP contribution >= 0.6 is 11.3 Å². The van der Waals surface area contributed by atoms with Gasteiger partial charge in [-0.25, -0.2) is 14.8 Å². The fourth-order valence-electron chi connectivity index (χ4n) is 1.64. The van der Waals surface area contributed by atoms with Crippen LogP contribution in [0.2, 0.25) is 0 Å². The second-order valence-electron chi connectivity index (χ2n) is 3.76. The minimum absolute atomic E-state index is 0.242. The van der Waals surface area contributed by atoms with E-state index in [1.165, 1.54) is 17.7 Å². The number of aromatic carboxylic acids is 1. The van der Waals surface area contributed by atoms with Crippen molar-refractivity contribution >= 4 is 17.3 Å². The minimum atomic E-state index is -0.951. The zero-order chi connectivity index (χ0) is 13.2. The molecule has 7 heteroatoms. The summed E-state index contributed by atoms with van der Waals surface area (Å²) >= 11 is 1.42. The first kappa shape index (κ1) is 11.5. The molecule has 0 radical (unpaired) electrons. The van der Waals surface area contributed by atoms with E-state index in [9.17, 15) is 4.79 Å². The number of hydrogen-bond donors (Lipinski definition) is 2. The van der Waals surface area contributed by atoms with Crippen LogP contribution in [0.4, 0.5) is 0 Å². The summed E-state index contributed by atoms with van der Waals surface area (Å²) in [6, 6.07) is 6.68. The lowest BCUT2D eigenvalue weighted by Gasteiger charge is -1.98. The first-order valence-electron chi connectivity index (χ1n) is 5.39. The van der Waals surface area contributed by atoms with E-state index in [-0.39, 0.29) is 5.56 Å². The van der Waals surface area contributed by atoms with E-state index in [1.54, 1.807) is 18.2 Å². The van der Waals surface area contributed by atoms with E-state index >= 15 is 0 Å². The van der Waals surface area contributed by atoms with Crippen LogP contribution in [0.3, 0.4) is 0 Å². The number of aromatic amines is 1. The third-order valence-corrected chi connectivity index (χ3v) is 3.38. The maximum atomic E-state index is 10.9. The van der Waals surface area contributed by atoms with Crippen LogP contribution in [-0.2, 0) is 0 Å². The standard InChI is InChI=1S/C12H8N4O2S/c17-12(18)8-3-1-2-7(4-8)9-5-19-11(15-9)10-13-6-14-16-10/h1-6H,(H,17,18)(H,13,14,16). The van der Waals surface area contributed by atoms with Gasteiger partial charge in [-0.2, -0.15) is 5.10 Å². The monoisotopic (exact) mass is 272 g/mol. The lowest BCUT2D eigenvalue weighted by molar-refractivity contribution is 0.0697. The third kappa shape index (κ3) is 2.23. The number of carboxylic acid groups (broad SMARTS) is 1. The molecule has 3 aromatic rings. The van der Waals surface area contributed by atoms with Crippen LogP contribution < -0.4 is 0 Å². The van der Waals surface area contributed by atoms with E-state index < -0.39 is 5.97 Å². The molecule has 94 valence electrons. The average Bonchev–Trinajstić information content (AvgIpc) is 3.09. The Bertz CT molecular complexity index is 721. The number of benzene rings is 1. The smallest absolute Gasteiger partial charge is 0.335 e. The largest absolute Gasteiger partial charge is 0.478 e. The second kappa shape index (κ2) is 4.62. The Labute approximate surface area is 111 Å². The summed E-state index contributed by atoms with van der Waals surface area (Å²) in [5.41, 5.74) is 1.73. The summed E-state index contributed by atoms with van der Waals surface area (Å²) in [6.07, 6.45) is 1.42. The molecule has 0 spiro atoms. The van der Waals surface area contributed by atoms with Gasteiger partial charge >= 0.3 is 5.97 Å². The molecule has 0 saturated carbocycles. The molecule has 0 fully saturated rings. The number of carboxylic acids is 1. The van der Waals surface area contributed by atoms with Crippen molar-refractivity contribution in [3.8, 4) is 22.1 Å². The van der Waals surface area contributed by atoms with Gasteiger partial charge in [0.2, 0.25) is 0 Å². The Kier molecular flexibility index (Phi) is 2.81. The minimum Gasteiger partial charge on any atom is -0.478 e. The molecule has 0 amide bonds. The highest BCUT2D eigenvalue weighted by molar-refractivity contribution is 7.13. The Morgan fingerprint density at radius 3 is 3.00 bits per heavy atom. The highest BCUT2D eigenvalue weighted by atomic mass is 32.1. The van der Waals surface area contributed by atoms with Crippen LogP contribution in [-0.4, -0.2) is 31.2 Å². The number of nitrogens with one attached hydrogen (secondary N) is 1. The molecular weight excluding hydrogens is 264 g/mol. The Morgan fingerprint density at radius 1 is 1.37 bits per heavy atom. The van der Waals surface area contributed by atoms with Gasteiger partial charge in [0.05, 0.1) is 11.3 Å². The van der Waals surface area contributed by atoms with E-state index in [0.717, 1.165) is 11.3 Å². The van der Waals surface area contributed by atoms with Crippen LogP contribution in [0, 0.1) is 0 Å². The number of H-pyrrole nitrogens is 1. The third-order valence-electron chi connectivity index (χ3n) is 2.53. The van der Waals surface area contributed by atoms with Crippen molar-refractivity contribution in [2.24, 2.45) is 0 Å². The molecule has 2 N–H and O–H groups in total. The van der Waals surface area contributed by atoms with E-state index in [2.05, 4.69) is 20.2 Å². The van der Waals surface area contributed by atoms with Crippen molar-refractivity contribution in [1.82, 2.24) is 20.2 Å². The normalized spacial score (nSPS) is 10.5. The van der Waals surface area contributed by atoms with Crippen LogP contribution in [0.15, 0.2) is 36.0 Å².